The highest BCUT2D eigenvalue weighted by atomic mass is 32.2. The van der Waals surface area contributed by atoms with Gasteiger partial charge in [0.15, 0.2) is 0 Å². The fourth-order valence-corrected chi connectivity index (χ4v) is 3.72. The standard InChI is InChI=1S/C15H22N2O3S/c1-2-21(19,20)17-9-8-14(12-17)10-15(18)16-11-13-6-4-3-5-7-13/h3-7,14H,2,8-12H2,1H3,(H,16,18). The molecule has 116 valence electrons. The monoisotopic (exact) mass is 310 g/mol. The summed E-state index contributed by atoms with van der Waals surface area (Å²) in [7, 11) is -3.12. The van der Waals surface area contributed by atoms with Gasteiger partial charge in [-0.05, 0) is 24.8 Å². The van der Waals surface area contributed by atoms with Gasteiger partial charge in [0.25, 0.3) is 0 Å². The number of sulfonamides is 1. The van der Waals surface area contributed by atoms with Crippen LogP contribution in [0.1, 0.15) is 25.3 Å². The quantitative estimate of drug-likeness (QED) is 0.863. The molecule has 1 heterocycles. The second kappa shape index (κ2) is 7.04. The van der Waals surface area contributed by atoms with Crippen molar-refractivity contribution in [2.24, 2.45) is 5.92 Å². The Bertz CT molecular complexity index is 572. The fraction of sp³-hybridized carbons (Fsp3) is 0.533. The van der Waals surface area contributed by atoms with Gasteiger partial charge in [-0.3, -0.25) is 4.79 Å². The van der Waals surface area contributed by atoms with Gasteiger partial charge in [-0.25, -0.2) is 12.7 Å². The maximum Gasteiger partial charge on any atom is 0.220 e. The molecule has 1 saturated heterocycles. The van der Waals surface area contributed by atoms with Crippen molar-refractivity contribution in [2.45, 2.75) is 26.3 Å². The van der Waals surface area contributed by atoms with Crippen LogP contribution in [-0.2, 0) is 21.4 Å². The molecule has 0 aromatic heterocycles. The molecule has 2 rings (SSSR count). The second-order valence-electron chi connectivity index (χ2n) is 5.38. The van der Waals surface area contributed by atoms with Gasteiger partial charge >= 0.3 is 0 Å². The molecule has 0 bridgehead atoms. The third-order valence-corrected chi connectivity index (χ3v) is 5.66. The van der Waals surface area contributed by atoms with Crippen LogP contribution < -0.4 is 5.32 Å². The van der Waals surface area contributed by atoms with Crippen molar-refractivity contribution in [1.29, 1.82) is 0 Å². The number of hydrogen-bond donors (Lipinski definition) is 1. The lowest BCUT2D eigenvalue weighted by Crippen LogP contribution is -2.31. The van der Waals surface area contributed by atoms with Crippen LogP contribution in [-0.4, -0.2) is 37.5 Å². The third-order valence-electron chi connectivity index (χ3n) is 3.81. The summed E-state index contributed by atoms with van der Waals surface area (Å²) in [5, 5.41) is 2.89. The molecule has 0 radical (unpaired) electrons. The predicted molar refractivity (Wildman–Crippen MR) is 82.0 cm³/mol. The van der Waals surface area contributed by atoms with Gasteiger partial charge in [0.1, 0.15) is 0 Å². The minimum Gasteiger partial charge on any atom is -0.352 e. The fourth-order valence-electron chi connectivity index (χ4n) is 2.53. The van der Waals surface area contributed by atoms with E-state index in [4.69, 9.17) is 0 Å². The molecule has 21 heavy (non-hydrogen) atoms. The van der Waals surface area contributed by atoms with Crippen LogP contribution in [0.15, 0.2) is 30.3 Å². The first kappa shape index (κ1) is 16.0. The number of nitrogens with zero attached hydrogens (tertiary/aromatic N) is 1. The van der Waals surface area contributed by atoms with E-state index in [-0.39, 0.29) is 17.6 Å². The number of carbonyl (C=O) groups excluding carboxylic acids is 1. The normalized spacial score (nSPS) is 19.6. The van der Waals surface area contributed by atoms with Crippen LogP contribution in [0.2, 0.25) is 0 Å². The minimum absolute atomic E-state index is 0.0143. The summed E-state index contributed by atoms with van der Waals surface area (Å²) < 4.78 is 25.0. The highest BCUT2D eigenvalue weighted by Crippen LogP contribution is 2.22. The van der Waals surface area contributed by atoms with E-state index in [2.05, 4.69) is 5.32 Å². The predicted octanol–water partition coefficient (Wildman–Crippen LogP) is 1.36. The van der Waals surface area contributed by atoms with Gasteiger partial charge in [0, 0.05) is 26.1 Å². The van der Waals surface area contributed by atoms with Gasteiger partial charge in [0.05, 0.1) is 5.75 Å². The third kappa shape index (κ3) is 4.54. The lowest BCUT2D eigenvalue weighted by atomic mass is 10.0. The molecule has 1 aliphatic heterocycles. The maximum atomic E-state index is 11.9. The summed E-state index contributed by atoms with van der Waals surface area (Å²) in [6.07, 6.45) is 1.15. The van der Waals surface area contributed by atoms with Gasteiger partial charge in [0.2, 0.25) is 15.9 Å². The highest BCUT2D eigenvalue weighted by Gasteiger charge is 2.31. The van der Waals surface area contributed by atoms with E-state index >= 15 is 0 Å². The summed E-state index contributed by atoms with van der Waals surface area (Å²) in [5.74, 6) is 0.238. The minimum atomic E-state index is -3.12. The van der Waals surface area contributed by atoms with E-state index in [1.54, 1.807) is 6.92 Å². The van der Waals surface area contributed by atoms with Crippen LogP contribution in [0.4, 0.5) is 0 Å². The zero-order valence-electron chi connectivity index (χ0n) is 12.3. The topological polar surface area (TPSA) is 66.5 Å². The molecule has 1 aromatic rings. The molecule has 1 atom stereocenters. The van der Waals surface area contributed by atoms with Crippen LogP contribution in [0.25, 0.3) is 0 Å². The summed E-state index contributed by atoms with van der Waals surface area (Å²) in [5.41, 5.74) is 1.06. The van der Waals surface area contributed by atoms with E-state index in [9.17, 15) is 13.2 Å². The second-order valence-corrected chi connectivity index (χ2v) is 7.64. The first-order valence-corrected chi connectivity index (χ1v) is 8.90. The zero-order chi connectivity index (χ0) is 15.3. The van der Waals surface area contributed by atoms with Crippen molar-refractivity contribution in [3.8, 4) is 0 Å². The van der Waals surface area contributed by atoms with Gasteiger partial charge < -0.3 is 5.32 Å². The highest BCUT2D eigenvalue weighted by molar-refractivity contribution is 7.89. The maximum absolute atomic E-state index is 11.9. The average molecular weight is 310 g/mol. The summed E-state index contributed by atoms with van der Waals surface area (Å²) in [6.45, 7) is 3.17. The molecule has 1 aromatic carbocycles. The number of benzene rings is 1. The van der Waals surface area contributed by atoms with E-state index in [1.807, 2.05) is 30.3 Å². The Kier molecular flexibility index (Phi) is 5.36. The Morgan fingerprint density at radius 2 is 2.05 bits per heavy atom. The molecule has 1 aliphatic rings. The number of nitrogens with one attached hydrogen (secondary N) is 1. The first-order valence-electron chi connectivity index (χ1n) is 7.29. The SMILES string of the molecule is CCS(=O)(=O)N1CCC(CC(=O)NCc2ccccc2)C1. The molecule has 0 saturated carbocycles. The van der Waals surface area contributed by atoms with Crippen LogP contribution in [0.5, 0.6) is 0 Å². The molecule has 1 amide bonds. The first-order chi connectivity index (χ1) is 10.0. The molecule has 1 unspecified atom stereocenters. The van der Waals surface area contributed by atoms with E-state index in [0.717, 1.165) is 12.0 Å². The summed E-state index contributed by atoms with van der Waals surface area (Å²) >= 11 is 0. The average Bonchev–Trinajstić information content (AvgIpc) is 2.95. The smallest absolute Gasteiger partial charge is 0.220 e. The molecule has 1 fully saturated rings. The summed E-state index contributed by atoms with van der Waals surface area (Å²) in [6, 6.07) is 9.74. The molecule has 5 nitrogen and oxygen atoms in total. The van der Waals surface area contributed by atoms with Crippen molar-refractivity contribution >= 4 is 15.9 Å². The van der Waals surface area contributed by atoms with Crippen molar-refractivity contribution in [2.75, 3.05) is 18.8 Å². The van der Waals surface area contributed by atoms with Crippen LogP contribution in [0, 0.1) is 5.92 Å². The lowest BCUT2D eigenvalue weighted by Gasteiger charge is -2.15. The van der Waals surface area contributed by atoms with Crippen LogP contribution in [0.3, 0.4) is 0 Å². The largest absolute Gasteiger partial charge is 0.352 e. The Morgan fingerprint density at radius 1 is 1.33 bits per heavy atom. The van der Waals surface area contributed by atoms with Gasteiger partial charge in [-0.15, -0.1) is 0 Å². The Labute approximate surface area is 126 Å². The molecule has 1 N–H and O–H groups in total. The number of rotatable bonds is 6. The van der Waals surface area contributed by atoms with E-state index in [1.165, 1.54) is 4.31 Å². The van der Waals surface area contributed by atoms with E-state index < -0.39 is 10.0 Å². The molecule has 0 spiro atoms. The lowest BCUT2D eigenvalue weighted by molar-refractivity contribution is -0.122. The Morgan fingerprint density at radius 3 is 2.71 bits per heavy atom. The van der Waals surface area contributed by atoms with Gasteiger partial charge in [-0.1, -0.05) is 30.3 Å². The number of carbonyl (C=O) groups is 1. The van der Waals surface area contributed by atoms with E-state index in [0.29, 0.717) is 26.1 Å². The molecule has 6 heteroatoms. The Hall–Kier alpha value is -1.40. The van der Waals surface area contributed by atoms with Crippen molar-refractivity contribution in [1.82, 2.24) is 9.62 Å². The molecular weight excluding hydrogens is 288 g/mol. The van der Waals surface area contributed by atoms with Crippen LogP contribution >= 0.6 is 0 Å². The summed E-state index contributed by atoms with van der Waals surface area (Å²) in [4.78, 5) is 11.9. The number of hydrogen-bond acceptors (Lipinski definition) is 3. The van der Waals surface area contributed by atoms with Gasteiger partial charge in [-0.2, -0.15) is 0 Å². The van der Waals surface area contributed by atoms with Crippen molar-refractivity contribution < 1.29 is 13.2 Å². The molecular formula is C15H22N2O3S. The van der Waals surface area contributed by atoms with Crippen molar-refractivity contribution in [3.05, 3.63) is 35.9 Å². The Balaban J connectivity index is 1.77. The molecule has 0 aliphatic carbocycles. The number of amides is 1. The zero-order valence-corrected chi connectivity index (χ0v) is 13.1. The van der Waals surface area contributed by atoms with Crippen molar-refractivity contribution in [3.63, 3.8) is 0 Å².